The van der Waals surface area contributed by atoms with Gasteiger partial charge in [-0.25, -0.2) is 17.6 Å². The van der Waals surface area contributed by atoms with Crippen molar-refractivity contribution in [3.05, 3.63) is 82.7 Å². The molecule has 4 aromatic rings. The number of benzene rings is 2. The first kappa shape index (κ1) is 21.1. The second-order valence-electron chi connectivity index (χ2n) is 8.04. The SMILES string of the molecule is C[C@H]1c2nn(C)c(-c3cc(F)c(F)c(F)c3)c2CCN1C(=O)c1cnc2cccc(F)c2c1. The number of hydrogen-bond donors (Lipinski definition) is 0. The summed E-state index contributed by atoms with van der Waals surface area (Å²) >= 11 is 0. The molecule has 0 saturated carbocycles. The maximum Gasteiger partial charge on any atom is 0.256 e. The van der Waals surface area contributed by atoms with Gasteiger partial charge in [-0.3, -0.25) is 14.5 Å². The lowest BCUT2D eigenvalue weighted by molar-refractivity contribution is 0.0673. The van der Waals surface area contributed by atoms with Gasteiger partial charge in [-0.1, -0.05) is 6.07 Å². The van der Waals surface area contributed by atoms with Crippen molar-refractivity contribution in [2.24, 2.45) is 7.05 Å². The summed E-state index contributed by atoms with van der Waals surface area (Å²) in [6.07, 6.45) is 1.80. The highest BCUT2D eigenvalue weighted by molar-refractivity contribution is 5.97. The molecule has 5 rings (SSSR count). The summed E-state index contributed by atoms with van der Waals surface area (Å²) in [7, 11) is 1.63. The summed E-state index contributed by atoms with van der Waals surface area (Å²) in [4.78, 5) is 19.1. The van der Waals surface area contributed by atoms with Gasteiger partial charge in [0, 0.05) is 36.3 Å². The number of carbonyl (C=O) groups is 1. The second-order valence-corrected chi connectivity index (χ2v) is 8.04. The molecule has 1 atom stereocenters. The lowest BCUT2D eigenvalue weighted by atomic mass is 9.95. The Hall–Kier alpha value is -3.75. The number of fused-ring (bicyclic) bond motifs is 2. The van der Waals surface area contributed by atoms with E-state index in [0.717, 1.165) is 17.7 Å². The Morgan fingerprint density at radius 2 is 1.79 bits per heavy atom. The number of rotatable bonds is 2. The molecule has 0 unspecified atom stereocenters. The molecule has 3 heterocycles. The molecule has 0 fully saturated rings. The van der Waals surface area contributed by atoms with Crippen molar-refractivity contribution in [2.45, 2.75) is 19.4 Å². The summed E-state index contributed by atoms with van der Waals surface area (Å²) in [6.45, 7) is 2.11. The van der Waals surface area contributed by atoms with Crippen molar-refractivity contribution >= 4 is 16.8 Å². The third-order valence-corrected chi connectivity index (χ3v) is 6.08. The summed E-state index contributed by atoms with van der Waals surface area (Å²) < 4.78 is 56.8. The maximum atomic E-state index is 14.2. The molecule has 33 heavy (non-hydrogen) atoms. The van der Waals surface area contributed by atoms with Crippen LogP contribution in [0.3, 0.4) is 0 Å². The van der Waals surface area contributed by atoms with Crippen LogP contribution in [-0.2, 0) is 13.5 Å². The third kappa shape index (κ3) is 3.35. The van der Waals surface area contributed by atoms with E-state index in [-0.39, 0.29) is 22.4 Å². The Morgan fingerprint density at radius 3 is 2.52 bits per heavy atom. The Bertz CT molecular complexity index is 1410. The molecule has 1 aliphatic heterocycles. The van der Waals surface area contributed by atoms with Gasteiger partial charge >= 0.3 is 0 Å². The number of pyridine rings is 1. The van der Waals surface area contributed by atoms with Gasteiger partial charge in [0.1, 0.15) is 5.82 Å². The predicted octanol–water partition coefficient (Wildman–Crippen LogP) is 4.95. The standard InChI is InChI=1S/C24H18F4N4O/c1-12-22-15(23(31(2)30-22)13-9-18(26)21(28)19(27)10-13)6-7-32(12)24(33)14-8-16-17(25)4-3-5-20(16)29-11-14/h3-5,8-12H,6-7H2,1-2H3/t12-/m0/s1. The number of carbonyl (C=O) groups excluding carboxylic acids is 1. The molecular weight excluding hydrogens is 436 g/mol. The van der Waals surface area contributed by atoms with Crippen LogP contribution in [0.5, 0.6) is 0 Å². The Morgan fingerprint density at radius 1 is 1.06 bits per heavy atom. The molecule has 2 aromatic heterocycles. The topological polar surface area (TPSA) is 51.0 Å². The zero-order valence-electron chi connectivity index (χ0n) is 17.7. The van der Waals surface area contributed by atoms with Crippen LogP contribution >= 0.6 is 0 Å². The van der Waals surface area contributed by atoms with Gasteiger partial charge in [0.05, 0.1) is 28.5 Å². The third-order valence-electron chi connectivity index (χ3n) is 6.08. The average molecular weight is 454 g/mol. The largest absolute Gasteiger partial charge is 0.330 e. The summed E-state index contributed by atoms with van der Waals surface area (Å²) in [6, 6.07) is 7.44. The van der Waals surface area contributed by atoms with E-state index in [1.165, 1.54) is 23.0 Å². The highest BCUT2D eigenvalue weighted by Crippen LogP contribution is 2.37. The van der Waals surface area contributed by atoms with Gasteiger partial charge < -0.3 is 4.90 Å². The van der Waals surface area contributed by atoms with Crippen LogP contribution in [0.1, 0.15) is 34.6 Å². The van der Waals surface area contributed by atoms with Crippen molar-refractivity contribution < 1.29 is 22.4 Å². The van der Waals surface area contributed by atoms with Crippen LogP contribution in [0.2, 0.25) is 0 Å². The first-order chi connectivity index (χ1) is 15.8. The quantitative estimate of drug-likeness (QED) is 0.318. The van der Waals surface area contributed by atoms with Gasteiger partial charge in [-0.15, -0.1) is 0 Å². The van der Waals surface area contributed by atoms with E-state index in [4.69, 9.17) is 0 Å². The zero-order valence-corrected chi connectivity index (χ0v) is 17.7. The molecule has 0 bridgehead atoms. The van der Waals surface area contributed by atoms with E-state index in [1.54, 1.807) is 31.0 Å². The van der Waals surface area contributed by atoms with Crippen molar-refractivity contribution in [1.82, 2.24) is 19.7 Å². The predicted molar refractivity (Wildman–Crippen MR) is 113 cm³/mol. The molecule has 0 N–H and O–H groups in total. The van der Waals surface area contributed by atoms with Crippen LogP contribution in [0.25, 0.3) is 22.2 Å². The van der Waals surface area contributed by atoms with Crippen molar-refractivity contribution in [3.63, 3.8) is 0 Å². The molecule has 1 aliphatic rings. The Balaban J connectivity index is 1.51. The molecule has 168 valence electrons. The fourth-order valence-electron chi connectivity index (χ4n) is 4.47. The molecular formula is C24H18F4N4O. The first-order valence-corrected chi connectivity index (χ1v) is 10.3. The van der Waals surface area contributed by atoms with Crippen LogP contribution in [0, 0.1) is 23.3 Å². The van der Waals surface area contributed by atoms with Crippen LogP contribution in [-0.4, -0.2) is 32.1 Å². The van der Waals surface area contributed by atoms with E-state index < -0.39 is 29.3 Å². The second kappa shape index (κ2) is 7.68. The Kier molecular flexibility index (Phi) is 4.92. The Labute approximate surface area is 186 Å². The normalized spacial score (nSPS) is 15.7. The molecule has 0 spiro atoms. The number of nitrogens with zero attached hydrogens (tertiary/aromatic N) is 4. The highest BCUT2D eigenvalue weighted by atomic mass is 19.2. The molecule has 0 radical (unpaired) electrons. The van der Waals surface area contributed by atoms with E-state index in [2.05, 4.69) is 10.1 Å². The fourth-order valence-corrected chi connectivity index (χ4v) is 4.47. The number of aryl methyl sites for hydroxylation is 1. The first-order valence-electron chi connectivity index (χ1n) is 10.3. The average Bonchev–Trinajstić information content (AvgIpc) is 3.14. The van der Waals surface area contributed by atoms with E-state index in [0.29, 0.717) is 29.9 Å². The molecule has 0 saturated heterocycles. The van der Waals surface area contributed by atoms with Crippen LogP contribution in [0.4, 0.5) is 17.6 Å². The maximum absolute atomic E-state index is 14.2. The van der Waals surface area contributed by atoms with Gasteiger partial charge in [-0.2, -0.15) is 5.10 Å². The van der Waals surface area contributed by atoms with Crippen molar-refractivity contribution in [2.75, 3.05) is 6.54 Å². The van der Waals surface area contributed by atoms with Gasteiger partial charge in [-0.05, 0) is 43.7 Å². The molecule has 5 nitrogen and oxygen atoms in total. The molecule has 0 aliphatic carbocycles. The van der Waals surface area contributed by atoms with Crippen LogP contribution < -0.4 is 0 Å². The smallest absolute Gasteiger partial charge is 0.256 e. The molecule has 1 amide bonds. The van der Waals surface area contributed by atoms with Crippen LogP contribution in [0.15, 0.2) is 42.6 Å². The van der Waals surface area contributed by atoms with Crippen molar-refractivity contribution in [1.29, 1.82) is 0 Å². The van der Waals surface area contributed by atoms with Gasteiger partial charge in [0.25, 0.3) is 5.91 Å². The molecule has 2 aromatic carbocycles. The lowest BCUT2D eigenvalue weighted by Crippen LogP contribution is -2.39. The van der Waals surface area contributed by atoms with E-state index >= 15 is 0 Å². The number of amides is 1. The van der Waals surface area contributed by atoms with Crippen molar-refractivity contribution in [3.8, 4) is 11.3 Å². The summed E-state index contributed by atoms with van der Waals surface area (Å²) in [5, 5.41) is 4.75. The number of halogens is 4. The minimum absolute atomic E-state index is 0.170. The minimum atomic E-state index is -1.53. The monoisotopic (exact) mass is 454 g/mol. The van der Waals surface area contributed by atoms with Gasteiger partial charge in [0.15, 0.2) is 17.5 Å². The highest BCUT2D eigenvalue weighted by Gasteiger charge is 2.34. The van der Waals surface area contributed by atoms with E-state index in [1.807, 2.05) is 0 Å². The molecule has 9 heteroatoms. The number of aromatic nitrogens is 3. The summed E-state index contributed by atoms with van der Waals surface area (Å²) in [5.41, 5.74) is 2.66. The summed E-state index contributed by atoms with van der Waals surface area (Å²) in [5.74, 6) is -4.87. The zero-order chi connectivity index (χ0) is 23.4. The van der Waals surface area contributed by atoms with E-state index in [9.17, 15) is 22.4 Å². The number of hydrogen-bond acceptors (Lipinski definition) is 3. The fraction of sp³-hybridized carbons (Fsp3) is 0.208. The minimum Gasteiger partial charge on any atom is -0.330 e. The van der Waals surface area contributed by atoms with Gasteiger partial charge in [0.2, 0.25) is 0 Å². The lowest BCUT2D eigenvalue weighted by Gasteiger charge is -2.33.